The normalized spacial score (nSPS) is 22.3. The van der Waals surface area contributed by atoms with E-state index in [0.29, 0.717) is 0 Å². The largest absolute Gasteiger partial charge is 0.483 e. The highest BCUT2D eigenvalue weighted by Crippen LogP contribution is 2.70. The van der Waals surface area contributed by atoms with Crippen molar-refractivity contribution in [3.8, 4) is 0 Å². The Kier molecular flexibility index (Phi) is 6.74. The van der Waals surface area contributed by atoms with E-state index in [9.17, 15) is 43.9 Å². The summed E-state index contributed by atoms with van der Waals surface area (Å²) in [4.78, 5) is 0. The standard InChI is InChI=1S/C6H6F10N3O3P3/c1-2-20-24-17-23-18-25(19-24,21-5(13,14)3(7,8)9)22-6(15,16)4(10,11)12/h24H,2H2,1H3. The smallest absolute Gasteiger partial charge is 0.329 e. The number of alkyl halides is 10. The summed E-state index contributed by atoms with van der Waals surface area (Å²) < 4.78 is 145. The van der Waals surface area contributed by atoms with E-state index in [0.717, 1.165) is 0 Å². The van der Waals surface area contributed by atoms with Crippen LogP contribution in [0.1, 0.15) is 6.92 Å². The molecule has 0 radical (unpaired) electrons. The van der Waals surface area contributed by atoms with Gasteiger partial charge >= 0.3 is 32.2 Å². The third-order valence-electron chi connectivity index (χ3n) is 1.90. The van der Waals surface area contributed by atoms with E-state index < -0.39 is 48.8 Å². The van der Waals surface area contributed by atoms with Crippen LogP contribution in [0, 0.1) is 0 Å². The number of nitrogens with zero attached hydrogens (tertiary/aromatic N) is 3. The quantitative estimate of drug-likeness (QED) is 0.338. The lowest BCUT2D eigenvalue weighted by Crippen LogP contribution is -2.41. The predicted molar refractivity (Wildman–Crippen MR) is 65.2 cm³/mol. The summed E-state index contributed by atoms with van der Waals surface area (Å²) in [7, 11) is -9.69. The molecule has 0 aromatic carbocycles. The Balaban J connectivity index is 3.40. The summed E-state index contributed by atoms with van der Waals surface area (Å²) in [5.41, 5.74) is 0. The molecule has 148 valence electrons. The molecule has 1 unspecified atom stereocenters. The Morgan fingerprint density at radius 1 is 0.880 bits per heavy atom. The molecule has 1 aliphatic heterocycles. The number of halogens is 10. The molecule has 1 aliphatic rings. The third kappa shape index (κ3) is 5.61. The van der Waals surface area contributed by atoms with Gasteiger partial charge in [-0.25, -0.2) is 9.05 Å². The first-order valence-corrected chi connectivity index (χ1v) is 9.24. The molecule has 1 atom stereocenters. The van der Waals surface area contributed by atoms with Crippen molar-refractivity contribution in [1.82, 2.24) is 0 Å². The molecule has 0 bridgehead atoms. The Hall–Kier alpha value is -0.260. The first-order valence-electron chi connectivity index (χ1n) is 5.61. The van der Waals surface area contributed by atoms with Gasteiger partial charge in [-0.3, -0.25) is 0 Å². The number of rotatable bonds is 6. The first-order chi connectivity index (χ1) is 11.1. The molecule has 25 heavy (non-hydrogen) atoms. The van der Waals surface area contributed by atoms with Crippen molar-refractivity contribution in [3.63, 3.8) is 0 Å². The van der Waals surface area contributed by atoms with Crippen molar-refractivity contribution in [1.29, 1.82) is 0 Å². The molecular weight excluding hydrogens is 445 g/mol. The summed E-state index contributed by atoms with van der Waals surface area (Å²) >= 11 is 0. The van der Waals surface area contributed by atoms with Crippen molar-refractivity contribution in [2.75, 3.05) is 6.61 Å². The van der Waals surface area contributed by atoms with Crippen molar-refractivity contribution >= 4 is 24.3 Å². The highest BCUT2D eigenvalue weighted by Gasteiger charge is 2.67. The van der Waals surface area contributed by atoms with E-state index in [4.69, 9.17) is 0 Å². The van der Waals surface area contributed by atoms with Gasteiger partial charge in [0, 0.05) is 0 Å². The lowest BCUT2D eigenvalue weighted by atomic mass is 10.6. The SMILES string of the molecule is CCO[PH]1=NP(OC(F)(F)C(F)(F)F)(OC(F)(F)C(F)(F)F)=NP=N1. The van der Waals surface area contributed by atoms with E-state index >= 15 is 0 Å². The zero-order chi connectivity index (χ0) is 19.7. The minimum absolute atomic E-state index is 0.248. The average molecular weight is 451 g/mol. The maximum atomic E-state index is 13.0. The Morgan fingerprint density at radius 3 is 1.68 bits per heavy atom. The van der Waals surface area contributed by atoms with Crippen LogP contribution in [0.3, 0.4) is 0 Å². The van der Waals surface area contributed by atoms with Gasteiger partial charge in [-0.05, 0) is 6.92 Å². The Labute approximate surface area is 134 Å². The molecule has 0 saturated heterocycles. The lowest BCUT2D eigenvalue weighted by molar-refractivity contribution is -0.379. The summed E-state index contributed by atoms with van der Waals surface area (Å²) in [6.45, 7) is 1.05. The van der Waals surface area contributed by atoms with Gasteiger partial charge < -0.3 is 4.52 Å². The second kappa shape index (κ2) is 7.40. The van der Waals surface area contributed by atoms with Gasteiger partial charge in [0.25, 0.3) is 0 Å². The van der Waals surface area contributed by atoms with Crippen molar-refractivity contribution in [2.24, 2.45) is 13.5 Å². The van der Waals surface area contributed by atoms with Crippen LogP contribution in [0.25, 0.3) is 0 Å². The summed E-state index contributed by atoms with van der Waals surface area (Å²) in [6.07, 6.45) is -25.2. The van der Waals surface area contributed by atoms with Gasteiger partial charge in [-0.1, -0.05) is 0 Å². The van der Waals surface area contributed by atoms with E-state index in [2.05, 4.69) is 27.1 Å². The van der Waals surface area contributed by atoms with Crippen molar-refractivity contribution in [3.05, 3.63) is 0 Å². The minimum Gasteiger partial charge on any atom is -0.329 e. The van der Waals surface area contributed by atoms with Crippen LogP contribution < -0.4 is 0 Å². The van der Waals surface area contributed by atoms with Gasteiger partial charge in [0.1, 0.15) is 0 Å². The molecular formula is C6H6F10N3O3P3. The maximum Gasteiger partial charge on any atom is 0.483 e. The fourth-order valence-electron chi connectivity index (χ4n) is 0.942. The maximum absolute atomic E-state index is 13.0. The highest BCUT2D eigenvalue weighted by atomic mass is 31.2. The van der Waals surface area contributed by atoms with Crippen LogP contribution in [0.15, 0.2) is 13.5 Å². The molecule has 0 aliphatic carbocycles. The Morgan fingerprint density at radius 2 is 1.32 bits per heavy atom. The van der Waals surface area contributed by atoms with Crippen molar-refractivity contribution < 1.29 is 57.5 Å². The van der Waals surface area contributed by atoms with Gasteiger partial charge in [0.2, 0.25) is 0 Å². The molecule has 0 aromatic heterocycles. The minimum atomic E-state index is -6.45. The van der Waals surface area contributed by atoms with Crippen LogP contribution in [0.5, 0.6) is 0 Å². The Bertz CT molecular complexity index is 583. The topological polar surface area (TPSA) is 64.8 Å². The van der Waals surface area contributed by atoms with Crippen LogP contribution in [0.4, 0.5) is 43.9 Å². The molecule has 0 fully saturated rings. The van der Waals surface area contributed by atoms with Crippen LogP contribution >= 0.6 is 24.3 Å². The van der Waals surface area contributed by atoms with Crippen molar-refractivity contribution in [2.45, 2.75) is 31.5 Å². The van der Waals surface area contributed by atoms with Gasteiger partial charge in [0.15, 0.2) is 16.6 Å². The molecule has 19 heteroatoms. The number of hydrogen-bond donors (Lipinski definition) is 0. The van der Waals surface area contributed by atoms with E-state index in [1.807, 2.05) is 0 Å². The summed E-state index contributed by atoms with van der Waals surface area (Å²) in [5.74, 6) is 0. The molecule has 6 nitrogen and oxygen atoms in total. The molecule has 0 saturated carbocycles. The zero-order valence-corrected chi connectivity index (χ0v) is 14.2. The van der Waals surface area contributed by atoms with Gasteiger partial charge in [0.05, 0.1) is 6.61 Å². The fourth-order valence-corrected chi connectivity index (χ4v) is 6.26. The van der Waals surface area contributed by atoms with Crippen LogP contribution in [-0.2, 0) is 13.6 Å². The second-order valence-electron chi connectivity index (χ2n) is 3.80. The highest BCUT2D eigenvalue weighted by molar-refractivity contribution is 7.68. The molecule has 1 heterocycles. The van der Waals surface area contributed by atoms with Crippen LogP contribution in [0.2, 0.25) is 0 Å². The summed E-state index contributed by atoms with van der Waals surface area (Å²) in [6, 6.07) is 0. The van der Waals surface area contributed by atoms with Gasteiger partial charge in [-0.2, -0.15) is 57.5 Å². The number of hydrogen-bond acceptors (Lipinski definition) is 6. The summed E-state index contributed by atoms with van der Waals surface area (Å²) in [5, 5.41) is 0. The molecule has 0 N–H and O–H groups in total. The predicted octanol–water partition coefficient (Wildman–Crippen LogP) is 6.60. The third-order valence-corrected chi connectivity index (χ3v) is 7.34. The molecule has 1 rings (SSSR count). The second-order valence-corrected chi connectivity index (χ2v) is 8.49. The average Bonchev–Trinajstić information content (AvgIpc) is 2.34. The molecule has 0 spiro atoms. The molecule has 0 aromatic rings. The van der Waals surface area contributed by atoms with E-state index in [1.54, 1.807) is 0 Å². The van der Waals surface area contributed by atoms with E-state index in [-0.39, 0.29) is 6.61 Å². The van der Waals surface area contributed by atoms with E-state index in [1.165, 1.54) is 6.92 Å². The first kappa shape index (κ1) is 22.8. The molecule has 0 amide bonds. The fraction of sp³-hybridized carbons (Fsp3) is 1.00. The van der Waals surface area contributed by atoms with Gasteiger partial charge in [-0.15, -0.1) is 0 Å². The lowest BCUT2D eigenvalue weighted by Gasteiger charge is -2.30. The van der Waals surface area contributed by atoms with Crippen LogP contribution in [-0.4, -0.2) is 31.2 Å². The monoisotopic (exact) mass is 451 g/mol. The zero-order valence-electron chi connectivity index (χ0n) is 11.4.